The third kappa shape index (κ3) is 5.79. The van der Waals surface area contributed by atoms with Gasteiger partial charge in [-0.2, -0.15) is 26.3 Å². The van der Waals surface area contributed by atoms with Crippen LogP contribution in [0.15, 0.2) is 24.3 Å². The lowest BCUT2D eigenvalue weighted by atomic mass is 10.1. The van der Waals surface area contributed by atoms with E-state index in [9.17, 15) is 26.3 Å². The molecule has 114 valence electrons. The molecule has 0 heterocycles. The molecule has 1 aromatic rings. The second kappa shape index (κ2) is 6.45. The summed E-state index contributed by atoms with van der Waals surface area (Å²) in [5.41, 5.74) is 5.17. The minimum Gasteiger partial charge on any atom is -0.379 e. The second-order valence-electron chi connectivity index (χ2n) is 4.17. The molecule has 1 aromatic carbocycles. The standard InChI is InChI=1S/C12H13F6NO/c13-11(14,15)5-6-20-7-10(19)8-1-3-9(4-2-8)12(16,17)18/h1-4,10H,5-7,19H2. The lowest BCUT2D eigenvalue weighted by Gasteiger charge is -2.14. The molecule has 1 unspecified atom stereocenters. The number of rotatable bonds is 5. The molecular weight excluding hydrogens is 288 g/mol. The van der Waals surface area contributed by atoms with Crippen LogP contribution >= 0.6 is 0 Å². The van der Waals surface area contributed by atoms with Crippen LogP contribution in [0.3, 0.4) is 0 Å². The van der Waals surface area contributed by atoms with Gasteiger partial charge in [0.15, 0.2) is 0 Å². The van der Waals surface area contributed by atoms with Gasteiger partial charge < -0.3 is 10.5 Å². The van der Waals surface area contributed by atoms with E-state index in [1.54, 1.807) is 0 Å². The molecule has 20 heavy (non-hydrogen) atoms. The van der Waals surface area contributed by atoms with E-state index in [1.165, 1.54) is 12.1 Å². The molecule has 2 nitrogen and oxygen atoms in total. The number of alkyl halides is 6. The molecule has 1 rings (SSSR count). The predicted octanol–water partition coefficient (Wildman–Crippen LogP) is 3.67. The Labute approximate surface area is 111 Å². The number of nitrogens with two attached hydrogens (primary N) is 1. The van der Waals surface area contributed by atoms with E-state index in [2.05, 4.69) is 0 Å². The number of benzene rings is 1. The van der Waals surface area contributed by atoms with Crippen molar-refractivity contribution in [1.29, 1.82) is 0 Å². The van der Waals surface area contributed by atoms with Crippen molar-refractivity contribution < 1.29 is 31.1 Å². The third-order valence-corrected chi connectivity index (χ3v) is 2.49. The average molecular weight is 301 g/mol. The van der Waals surface area contributed by atoms with Crippen molar-refractivity contribution >= 4 is 0 Å². The largest absolute Gasteiger partial charge is 0.416 e. The maximum Gasteiger partial charge on any atom is 0.416 e. The normalized spacial score (nSPS) is 14.3. The molecule has 2 N–H and O–H groups in total. The van der Waals surface area contributed by atoms with Crippen LogP contribution in [0.5, 0.6) is 0 Å². The minimum absolute atomic E-state index is 0.193. The summed E-state index contributed by atoms with van der Waals surface area (Å²) in [5, 5.41) is 0. The van der Waals surface area contributed by atoms with Crippen LogP contribution in [0.25, 0.3) is 0 Å². The Hall–Kier alpha value is -1.28. The molecule has 0 aliphatic rings. The summed E-state index contributed by atoms with van der Waals surface area (Å²) in [6, 6.07) is 3.32. The minimum atomic E-state index is -4.44. The van der Waals surface area contributed by atoms with Crippen LogP contribution in [-0.2, 0) is 10.9 Å². The maximum atomic E-state index is 12.3. The van der Waals surface area contributed by atoms with E-state index >= 15 is 0 Å². The van der Waals surface area contributed by atoms with Gasteiger partial charge in [0.1, 0.15) is 0 Å². The molecule has 0 aliphatic heterocycles. The van der Waals surface area contributed by atoms with Crippen LogP contribution in [0.2, 0.25) is 0 Å². The molecule has 0 amide bonds. The quantitative estimate of drug-likeness (QED) is 0.665. The van der Waals surface area contributed by atoms with E-state index in [4.69, 9.17) is 10.5 Å². The smallest absolute Gasteiger partial charge is 0.379 e. The average Bonchev–Trinajstić information content (AvgIpc) is 2.32. The zero-order chi connectivity index (χ0) is 15.4. The number of ether oxygens (including phenoxy) is 1. The second-order valence-corrected chi connectivity index (χ2v) is 4.17. The van der Waals surface area contributed by atoms with Gasteiger partial charge in [-0.05, 0) is 17.7 Å². The molecular formula is C12H13F6NO. The highest BCUT2D eigenvalue weighted by molar-refractivity contribution is 5.26. The fourth-order valence-electron chi connectivity index (χ4n) is 1.41. The first kappa shape index (κ1) is 16.8. The number of hydrogen-bond donors (Lipinski definition) is 1. The predicted molar refractivity (Wildman–Crippen MR) is 59.9 cm³/mol. The summed E-state index contributed by atoms with van der Waals surface area (Å²) in [5.74, 6) is 0. The first-order valence-electron chi connectivity index (χ1n) is 5.67. The van der Waals surface area contributed by atoms with Gasteiger partial charge in [-0.25, -0.2) is 0 Å². The van der Waals surface area contributed by atoms with Crippen molar-refractivity contribution in [3.63, 3.8) is 0 Å². The first-order chi connectivity index (χ1) is 9.09. The van der Waals surface area contributed by atoms with Gasteiger partial charge in [0.2, 0.25) is 0 Å². The van der Waals surface area contributed by atoms with Gasteiger partial charge in [-0.15, -0.1) is 0 Å². The maximum absolute atomic E-state index is 12.3. The fourth-order valence-corrected chi connectivity index (χ4v) is 1.41. The summed E-state index contributed by atoms with van der Waals surface area (Å²) in [7, 11) is 0. The van der Waals surface area contributed by atoms with Crippen molar-refractivity contribution in [3.8, 4) is 0 Å². The van der Waals surface area contributed by atoms with Gasteiger partial charge in [-0.3, -0.25) is 0 Å². The molecule has 0 spiro atoms. The molecule has 0 aliphatic carbocycles. The molecule has 0 saturated carbocycles. The molecule has 0 fully saturated rings. The van der Waals surface area contributed by atoms with Gasteiger partial charge in [0, 0.05) is 0 Å². The van der Waals surface area contributed by atoms with Crippen molar-refractivity contribution in [2.75, 3.05) is 13.2 Å². The molecule has 8 heteroatoms. The Kier molecular flexibility index (Phi) is 5.41. The molecule has 1 atom stereocenters. The topological polar surface area (TPSA) is 35.2 Å². The third-order valence-electron chi connectivity index (χ3n) is 2.49. The number of halogens is 6. The van der Waals surface area contributed by atoms with Crippen molar-refractivity contribution in [3.05, 3.63) is 35.4 Å². The lowest BCUT2D eigenvalue weighted by molar-refractivity contribution is -0.145. The van der Waals surface area contributed by atoms with Crippen LogP contribution < -0.4 is 5.73 Å². The van der Waals surface area contributed by atoms with Gasteiger partial charge in [0.05, 0.1) is 31.2 Å². The highest BCUT2D eigenvalue weighted by atomic mass is 19.4. The monoisotopic (exact) mass is 301 g/mol. The zero-order valence-electron chi connectivity index (χ0n) is 10.3. The summed E-state index contributed by atoms with van der Waals surface area (Å²) < 4.78 is 77.2. The highest BCUT2D eigenvalue weighted by Crippen LogP contribution is 2.29. The molecule has 0 bridgehead atoms. The van der Waals surface area contributed by atoms with E-state index < -0.39 is 37.0 Å². The van der Waals surface area contributed by atoms with E-state index in [0.29, 0.717) is 5.56 Å². The van der Waals surface area contributed by atoms with Gasteiger partial charge in [0.25, 0.3) is 0 Å². The number of hydrogen-bond acceptors (Lipinski definition) is 2. The van der Waals surface area contributed by atoms with Crippen LogP contribution in [0.1, 0.15) is 23.6 Å². The van der Waals surface area contributed by atoms with Crippen LogP contribution in [0.4, 0.5) is 26.3 Å². The fraction of sp³-hybridized carbons (Fsp3) is 0.500. The summed E-state index contributed by atoms with van der Waals surface area (Å²) in [6.07, 6.45) is -9.84. The Morgan fingerprint density at radius 3 is 2.00 bits per heavy atom. The molecule has 0 radical (unpaired) electrons. The van der Waals surface area contributed by atoms with E-state index in [1.807, 2.05) is 0 Å². The first-order valence-corrected chi connectivity index (χ1v) is 5.67. The SMILES string of the molecule is NC(COCCC(F)(F)F)c1ccc(C(F)(F)F)cc1. The van der Waals surface area contributed by atoms with Gasteiger partial charge >= 0.3 is 12.4 Å². The lowest BCUT2D eigenvalue weighted by Crippen LogP contribution is -2.19. The summed E-state index contributed by atoms with van der Waals surface area (Å²) >= 11 is 0. The van der Waals surface area contributed by atoms with Crippen molar-refractivity contribution in [2.45, 2.75) is 24.8 Å². The van der Waals surface area contributed by atoms with E-state index in [-0.39, 0.29) is 6.61 Å². The van der Waals surface area contributed by atoms with Gasteiger partial charge in [-0.1, -0.05) is 12.1 Å². The Balaban J connectivity index is 2.46. The van der Waals surface area contributed by atoms with Crippen molar-refractivity contribution in [2.24, 2.45) is 5.73 Å². The van der Waals surface area contributed by atoms with E-state index in [0.717, 1.165) is 12.1 Å². The van der Waals surface area contributed by atoms with Crippen molar-refractivity contribution in [1.82, 2.24) is 0 Å². The molecule has 0 saturated heterocycles. The zero-order valence-corrected chi connectivity index (χ0v) is 10.3. The summed E-state index contributed by atoms with van der Waals surface area (Å²) in [4.78, 5) is 0. The Morgan fingerprint density at radius 1 is 1.00 bits per heavy atom. The van der Waals surface area contributed by atoms with Crippen LogP contribution in [-0.4, -0.2) is 19.4 Å². The molecule has 0 aromatic heterocycles. The van der Waals surface area contributed by atoms with Crippen LogP contribution in [0, 0.1) is 0 Å². The summed E-state index contributed by atoms with van der Waals surface area (Å²) in [6.45, 7) is -0.723. The highest BCUT2D eigenvalue weighted by Gasteiger charge is 2.30. The Morgan fingerprint density at radius 2 is 1.55 bits per heavy atom. The Bertz CT molecular complexity index is 411.